The largest absolute Gasteiger partial charge is 0.383 e. The molecule has 0 radical (unpaired) electrons. The predicted octanol–water partition coefficient (Wildman–Crippen LogP) is 2.52. The van der Waals surface area contributed by atoms with Gasteiger partial charge in [0.25, 0.3) is 5.91 Å². The van der Waals surface area contributed by atoms with Crippen molar-refractivity contribution in [1.29, 1.82) is 0 Å². The van der Waals surface area contributed by atoms with Crippen LogP contribution in [-0.4, -0.2) is 21.9 Å². The number of nitrogens with two attached hydrogens (primary N) is 1. The fraction of sp³-hybridized carbons (Fsp3) is 0.214. The normalized spacial score (nSPS) is 10.6. The van der Waals surface area contributed by atoms with Gasteiger partial charge < -0.3 is 11.1 Å². The van der Waals surface area contributed by atoms with Gasteiger partial charge in [-0.15, -0.1) is 0 Å². The number of hydrogen-bond acceptors (Lipinski definition) is 4. The summed E-state index contributed by atoms with van der Waals surface area (Å²) in [6.45, 7) is 3.74. The third-order valence-electron chi connectivity index (χ3n) is 2.59. The molecule has 0 aliphatic rings. The maximum absolute atomic E-state index is 11.9. The number of amides is 1. The molecule has 5 nitrogen and oxygen atoms in total. The molecule has 0 bridgehead atoms. The van der Waals surface area contributed by atoms with Gasteiger partial charge in [0.2, 0.25) is 0 Å². The average molecular weight is 291 g/mol. The van der Waals surface area contributed by atoms with E-state index in [1.807, 2.05) is 13.8 Å². The van der Waals surface area contributed by atoms with Gasteiger partial charge >= 0.3 is 0 Å². The molecule has 1 amide bonds. The van der Waals surface area contributed by atoms with Crippen LogP contribution in [0, 0.1) is 0 Å². The van der Waals surface area contributed by atoms with Gasteiger partial charge in [0.05, 0.1) is 5.56 Å². The smallest absolute Gasteiger partial charge is 0.256 e. The molecule has 0 aliphatic heterocycles. The number of rotatable bonds is 3. The van der Waals surface area contributed by atoms with E-state index in [4.69, 9.17) is 17.3 Å². The van der Waals surface area contributed by atoms with E-state index < -0.39 is 0 Å². The summed E-state index contributed by atoms with van der Waals surface area (Å²) in [6, 6.07) is 7.11. The predicted molar refractivity (Wildman–Crippen MR) is 79.5 cm³/mol. The Kier molecular flexibility index (Phi) is 4.20. The summed E-state index contributed by atoms with van der Waals surface area (Å²) in [5.41, 5.74) is 6.89. The van der Waals surface area contributed by atoms with Crippen molar-refractivity contribution >= 4 is 23.3 Å². The van der Waals surface area contributed by atoms with Crippen molar-refractivity contribution in [3.8, 4) is 11.4 Å². The van der Waals surface area contributed by atoms with Crippen LogP contribution in [-0.2, 0) is 0 Å². The second-order valence-electron chi connectivity index (χ2n) is 4.63. The maximum atomic E-state index is 11.9. The zero-order chi connectivity index (χ0) is 14.7. The fourth-order valence-electron chi connectivity index (χ4n) is 1.65. The zero-order valence-corrected chi connectivity index (χ0v) is 12.0. The summed E-state index contributed by atoms with van der Waals surface area (Å²) in [5, 5.41) is 3.38. The number of nitrogens with zero attached hydrogens (tertiary/aromatic N) is 2. The highest BCUT2D eigenvalue weighted by Crippen LogP contribution is 2.19. The van der Waals surface area contributed by atoms with Crippen LogP contribution in [0.2, 0.25) is 5.02 Å². The minimum Gasteiger partial charge on any atom is -0.383 e. The van der Waals surface area contributed by atoms with E-state index in [-0.39, 0.29) is 23.3 Å². The van der Waals surface area contributed by atoms with Gasteiger partial charge in [0.1, 0.15) is 5.82 Å². The highest BCUT2D eigenvalue weighted by atomic mass is 35.5. The second-order valence-corrected chi connectivity index (χ2v) is 5.06. The van der Waals surface area contributed by atoms with Crippen LogP contribution in [0.15, 0.2) is 30.5 Å². The first-order valence-electron chi connectivity index (χ1n) is 6.16. The average Bonchev–Trinajstić information content (AvgIpc) is 2.38. The maximum Gasteiger partial charge on any atom is 0.256 e. The third-order valence-corrected chi connectivity index (χ3v) is 2.84. The Morgan fingerprint density at radius 3 is 2.50 bits per heavy atom. The fourth-order valence-corrected chi connectivity index (χ4v) is 1.77. The molecule has 104 valence electrons. The number of hydrogen-bond donors (Lipinski definition) is 2. The first-order valence-corrected chi connectivity index (χ1v) is 6.54. The zero-order valence-electron chi connectivity index (χ0n) is 11.2. The van der Waals surface area contributed by atoms with Crippen molar-refractivity contribution in [2.24, 2.45) is 0 Å². The molecule has 0 fully saturated rings. The van der Waals surface area contributed by atoms with Crippen molar-refractivity contribution in [1.82, 2.24) is 15.3 Å². The van der Waals surface area contributed by atoms with E-state index in [0.717, 1.165) is 5.56 Å². The monoisotopic (exact) mass is 290 g/mol. The molecule has 0 aliphatic carbocycles. The summed E-state index contributed by atoms with van der Waals surface area (Å²) in [5.74, 6) is 0.337. The molecule has 20 heavy (non-hydrogen) atoms. The second kappa shape index (κ2) is 5.88. The van der Waals surface area contributed by atoms with Crippen molar-refractivity contribution < 1.29 is 4.79 Å². The molecule has 6 heteroatoms. The summed E-state index contributed by atoms with van der Waals surface area (Å²) in [7, 11) is 0. The van der Waals surface area contributed by atoms with Crippen LogP contribution in [0.25, 0.3) is 11.4 Å². The Bertz CT molecular complexity index is 626. The van der Waals surface area contributed by atoms with Crippen molar-refractivity contribution in [3.63, 3.8) is 0 Å². The number of nitrogens with one attached hydrogen (secondary N) is 1. The number of aromatic nitrogens is 2. The Morgan fingerprint density at radius 2 is 1.95 bits per heavy atom. The van der Waals surface area contributed by atoms with Crippen LogP contribution >= 0.6 is 11.6 Å². The first kappa shape index (κ1) is 14.3. The highest BCUT2D eigenvalue weighted by molar-refractivity contribution is 6.30. The minimum atomic E-state index is -0.278. The van der Waals surface area contributed by atoms with Crippen LogP contribution in [0.4, 0.5) is 5.82 Å². The number of halogens is 1. The number of anilines is 1. The van der Waals surface area contributed by atoms with Crippen LogP contribution in [0.5, 0.6) is 0 Å². The quantitative estimate of drug-likeness (QED) is 0.910. The lowest BCUT2D eigenvalue weighted by atomic mass is 10.2. The molecule has 0 saturated carbocycles. The topological polar surface area (TPSA) is 80.9 Å². The van der Waals surface area contributed by atoms with Crippen molar-refractivity contribution in [3.05, 3.63) is 41.0 Å². The molecule has 0 saturated heterocycles. The molecule has 3 N–H and O–H groups in total. The summed E-state index contributed by atoms with van der Waals surface area (Å²) in [4.78, 5) is 20.2. The van der Waals surface area contributed by atoms with Crippen LogP contribution < -0.4 is 11.1 Å². The molecular formula is C14H15ClN4O. The lowest BCUT2D eigenvalue weighted by molar-refractivity contribution is 0.0943. The van der Waals surface area contributed by atoms with Gasteiger partial charge in [0.15, 0.2) is 5.82 Å². The van der Waals surface area contributed by atoms with Gasteiger partial charge in [-0.05, 0) is 38.1 Å². The molecule has 0 unspecified atom stereocenters. The van der Waals surface area contributed by atoms with Crippen molar-refractivity contribution in [2.75, 3.05) is 5.73 Å². The number of carbonyl (C=O) groups is 1. The van der Waals surface area contributed by atoms with E-state index in [9.17, 15) is 4.79 Å². The van der Waals surface area contributed by atoms with Crippen LogP contribution in [0.1, 0.15) is 24.2 Å². The van der Waals surface area contributed by atoms with Gasteiger partial charge in [-0.2, -0.15) is 0 Å². The van der Waals surface area contributed by atoms with E-state index >= 15 is 0 Å². The highest BCUT2D eigenvalue weighted by Gasteiger charge is 2.13. The lowest BCUT2D eigenvalue weighted by Crippen LogP contribution is -2.31. The molecule has 1 heterocycles. The van der Waals surface area contributed by atoms with Gasteiger partial charge in [0, 0.05) is 22.8 Å². The number of benzene rings is 1. The lowest BCUT2D eigenvalue weighted by Gasteiger charge is -2.10. The molecule has 2 aromatic rings. The van der Waals surface area contributed by atoms with Crippen LogP contribution in [0.3, 0.4) is 0 Å². The summed E-state index contributed by atoms with van der Waals surface area (Å²) < 4.78 is 0. The molecule has 0 atom stereocenters. The van der Waals surface area contributed by atoms with E-state index in [2.05, 4.69) is 15.3 Å². The summed E-state index contributed by atoms with van der Waals surface area (Å²) in [6.07, 6.45) is 1.43. The Hall–Kier alpha value is -2.14. The SMILES string of the molecule is CC(C)NC(=O)c1cnc(-c2ccc(Cl)cc2)nc1N. The van der Waals surface area contributed by atoms with Gasteiger partial charge in [-0.1, -0.05) is 11.6 Å². The number of carbonyl (C=O) groups excluding carboxylic acids is 1. The van der Waals surface area contributed by atoms with E-state index in [1.165, 1.54) is 6.20 Å². The standard InChI is InChI=1S/C14H15ClN4O/c1-8(2)18-14(20)11-7-17-13(19-12(11)16)9-3-5-10(15)6-4-9/h3-8H,1-2H3,(H,18,20)(H2,16,17,19). The molecule has 1 aromatic carbocycles. The van der Waals surface area contributed by atoms with Gasteiger partial charge in [-0.3, -0.25) is 4.79 Å². The van der Waals surface area contributed by atoms with Crippen molar-refractivity contribution in [2.45, 2.75) is 19.9 Å². The molecular weight excluding hydrogens is 276 g/mol. The Morgan fingerprint density at radius 1 is 1.30 bits per heavy atom. The van der Waals surface area contributed by atoms with E-state index in [0.29, 0.717) is 10.8 Å². The Balaban J connectivity index is 2.30. The number of nitrogen functional groups attached to an aromatic ring is 1. The first-order chi connectivity index (χ1) is 9.47. The summed E-state index contributed by atoms with van der Waals surface area (Å²) >= 11 is 5.83. The minimum absolute atomic E-state index is 0.0258. The van der Waals surface area contributed by atoms with E-state index in [1.54, 1.807) is 24.3 Å². The molecule has 1 aromatic heterocycles. The van der Waals surface area contributed by atoms with Gasteiger partial charge in [-0.25, -0.2) is 9.97 Å². The molecule has 0 spiro atoms. The molecule has 2 rings (SSSR count). The third kappa shape index (κ3) is 3.24. The Labute approximate surface area is 122 Å².